The van der Waals surface area contributed by atoms with E-state index in [1.807, 2.05) is 45.9 Å². The lowest BCUT2D eigenvalue weighted by atomic mass is 10.0. The Hall–Kier alpha value is -4.22. The monoisotopic (exact) mass is 636 g/mol. The highest BCUT2D eigenvalue weighted by Gasteiger charge is 2.31. The highest BCUT2D eigenvalue weighted by atomic mass is 32.1. The topological polar surface area (TPSA) is 76.5 Å². The van der Waals surface area contributed by atoms with Crippen LogP contribution in [0.2, 0.25) is 0 Å². The van der Waals surface area contributed by atoms with Gasteiger partial charge in [0.25, 0.3) is 11.5 Å². The molecule has 45 heavy (non-hydrogen) atoms. The van der Waals surface area contributed by atoms with Crippen LogP contribution < -0.4 is 15.6 Å². The van der Waals surface area contributed by atoms with Gasteiger partial charge in [0, 0.05) is 42.7 Å². The van der Waals surface area contributed by atoms with E-state index in [0.29, 0.717) is 65.0 Å². The van der Waals surface area contributed by atoms with E-state index < -0.39 is 11.7 Å². The van der Waals surface area contributed by atoms with Gasteiger partial charge >= 0.3 is 6.18 Å². The van der Waals surface area contributed by atoms with Crippen molar-refractivity contribution in [2.24, 2.45) is 0 Å². The number of allylic oxidation sites excluding steroid dienone is 1. The van der Waals surface area contributed by atoms with Gasteiger partial charge in [0.2, 0.25) is 0 Å². The zero-order valence-corrected chi connectivity index (χ0v) is 26.6. The van der Waals surface area contributed by atoms with E-state index in [4.69, 9.17) is 4.74 Å². The molecule has 1 amide bonds. The molecule has 0 aliphatic carbocycles. The Morgan fingerprint density at radius 1 is 1.16 bits per heavy atom. The fourth-order valence-electron chi connectivity index (χ4n) is 5.43. The first kappa shape index (κ1) is 32.2. The molecular weight excluding hydrogens is 601 g/mol. The Morgan fingerprint density at radius 2 is 1.89 bits per heavy atom. The third-order valence-electron chi connectivity index (χ3n) is 7.71. The fraction of sp³-hybridized carbons (Fsp3) is 0.324. The fourth-order valence-corrected chi connectivity index (χ4v) is 6.27. The van der Waals surface area contributed by atoms with Gasteiger partial charge in [0.1, 0.15) is 10.8 Å². The molecule has 1 aliphatic heterocycles. The summed E-state index contributed by atoms with van der Waals surface area (Å²) < 4.78 is 46.5. The van der Waals surface area contributed by atoms with Crippen LogP contribution in [0.5, 0.6) is 5.75 Å². The second-order valence-electron chi connectivity index (χ2n) is 11.3. The first-order valence-corrected chi connectivity index (χ1v) is 15.6. The number of rotatable bonds is 7. The van der Waals surface area contributed by atoms with Crippen molar-refractivity contribution in [3.63, 3.8) is 0 Å². The molecule has 1 saturated heterocycles. The molecule has 1 atom stereocenters. The summed E-state index contributed by atoms with van der Waals surface area (Å²) in [5, 5.41) is 5.42. The SMILES string of the molecule is CCc1ccc(OC)cc1-n1c(C=C(C)C)c(C(=O)N2CCN[C@H](C)C2)cc(-c2nc(-c3ccc(C(F)(F)F)cc3)cs2)c1=O. The number of nitrogens with zero attached hydrogens (tertiary/aromatic N) is 3. The number of ether oxygens (including phenoxy) is 1. The number of benzene rings is 2. The molecule has 3 heterocycles. The van der Waals surface area contributed by atoms with E-state index in [0.717, 1.165) is 23.3 Å². The molecule has 5 rings (SSSR count). The van der Waals surface area contributed by atoms with E-state index >= 15 is 0 Å². The second-order valence-corrected chi connectivity index (χ2v) is 12.1. The predicted octanol–water partition coefficient (Wildman–Crippen LogP) is 7.07. The van der Waals surface area contributed by atoms with E-state index in [1.165, 1.54) is 23.5 Å². The van der Waals surface area contributed by atoms with Crippen LogP contribution in [0.25, 0.3) is 33.6 Å². The first-order chi connectivity index (χ1) is 21.4. The summed E-state index contributed by atoms with van der Waals surface area (Å²) in [6.07, 6.45) is -1.98. The van der Waals surface area contributed by atoms with Crippen LogP contribution in [0.1, 0.15) is 54.9 Å². The van der Waals surface area contributed by atoms with Crippen LogP contribution in [0.15, 0.2) is 64.3 Å². The molecule has 2 aromatic carbocycles. The number of carbonyl (C=O) groups is 1. The Bertz CT molecular complexity index is 1800. The molecule has 1 aliphatic rings. The average molecular weight is 637 g/mol. The number of methoxy groups -OCH3 is 1. The molecular formula is C34H35F3N4O3S. The van der Waals surface area contributed by atoms with Crippen LogP contribution in [0.4, 0.5) is 13.2 Å². The van der Waals surface area contributed by atoms with Crippen molar-refractivity contribution in [1.82, 2.24) is 19.8 Å². The van der Waals surface area contributed by atoms with Crippen LogP contribution >= 0.6 is 11.3 Å². The predicted molar refractivity (Wildman–Crippen MR) is 172 cm³/mol. The van der Waals surface area contributed by atoms with E-state index in [1.54, 1.807) is 34.1 Å². The number of hydrogen-bond acceptors (Lipinski definition) is 6. The van der Waals surface area contributed by atoms with Gasteiger partial charge in [0.05, 0.1) is 40.9 Å². The molecule has 1 N–H and O–H groups in total. The minimum Gasteiger partial charge on any atom is -0.497 e. The van der Waals surface area contributed by atoms with Crippen LogP contribution in [0, 0.1) is 0 Å². The minimum absolute atomic E-state index is 0.107. The minimum atomic E-state index is -4.45. The Labute approximate surface area is 264 Å². The maximum atomic E-state index is 14.5. The summed E-state index contributed by atoms with van der Waals surface area (Å²) in [5.41, 5.74) is 3.22. The number of thiazole rings is 1. The number of piperazine rings is 1. The van der Waals surface area contributed by atoms with Crippen molar-refractivity contribution < 1.29 is 22.7 Å². The molecule has 0 saturated carbocycles. The number of nitrogens with one attached hydrogen (secondary N) is 1. The lowest BCUT2D eigenvalue weighted by Gasteiger charge is -2.32. The zero-order chi connectivity index (χ0) is 32.5. The van der Waals surface area contributed by atoms with E-state index in [-0.39, 0.29) is 23.1 Å². The number of hydrogen-bond donors (Lipinski definition) is 1. The van der Waals surface area contributed by atoms with Crippen molar-refractivity contribution in [3.05, 3.63) is 92.2 Å². The Kier molecular flexibility index (Phi) is 9.31. The maximum absolute atomic E-state index is 14.5. The van der Waals surface area contributed by atoms with Gasteiger partial charge in [0.15, 0.2) is 0 Å². The highest BCUT2D eigenvalue weighted by molar-refractivity contribution is 7.13. The van der Waals surface area contributed by atoms with Gasteiger partial charge in [-0.2, -0.15) is 13.2 Å². The second kappa shape index (κ2) is 13.0. The van der Waals surface area contributed by atoms with Crippen molar-refractivity contribution in [2.75, 3.05) is 26.7 Å². The third kappa shape index (κ3) is 6.74. The number of halogens is 3. The maximum Gasteiger partial charge on any atom is 0.416 e. The van der Waals surface area contributed by atoms with E-state index in [9.17, 15) is 22.8 Å². The van der Waals surface area contributed by atoms with Crippen LogP contribution in [-0.2, 0) is 12.6 Å². The lowest BCUT2D eigenvalue weighted by molar-refractivity contribution is -0.137. The number of aryl methyl sites for hydroxylation is 1. The Balaban J connectivity index is 1.76. The molecule has 0 radical (unpaired) electrons. The molecule has 4 aromatic rings. The summed E-state index contributed by atoms with van der Waals surface area (Å²) in [4.78, 5) is 35.3. The number of pyridine rings is 1. The molecule has 236 valence electrons. The summed E-state index contributed by atoms with van der Waals surface area (Å²) in [5.74, 6) is 0.358. The van der Waals surface area contributed by atoms with Gasteiger partial charge < -0.3 is 15.0 Å². The van der Waals surface area contributed by atoms with Gasteiger partial charge in [-0.3, -0.25) is 14.2 Å². The van der Waals surface area contributed by atoms with Crippen molar-refractivity contribution in [1.29, 1.82) is 0 Å². The number of alkyl halides is 3. The number of amides is 1. The standard InChI is InChI=1S/C34H35F3N4O3S/c1-6-22-9-12-25(44-5)16-29(22)41-30(15-20(2)3)26(32(42)40-14-13-38-21(4)18-40)17-27(33(41)43)31-39-28(19-45-31)23-7-10-24(11-8-23)34(35,36)37/h7-12,15-17,19,21,38H,6,13-14,18H2,1-5H3/t21-/m1/s1. The summed E-state index contributed by atoms with van der Waals surface area (Å²) >= 11 is 1.20. The number of carbonyl (C=O) groups excluding carboxylic acids is 1. The molecule has 1 fully saturated rings. The van der Waals surface area contributed by atoms with Gasteiger partial charge in [-0.05, 0) is 63.1 Å². The summed E-state index contributed by atoms with van der Waals surface area (Å²) in [7, 11) is 1.56. The smallest absolute Gasteiger partial charge is 0.416 e. The number of aromatic nitrogens is 2. The average Bonchev–Trinajstić information content (AvgIpc) is 3.50. The molecule has 0 spiro atoms. The van der Waals surface area contributed by atoms with E-state index in [2.05, 4.69) is 10.3 Å². The quantitative estimate of drug-likeness (QED) is 0.235. The lowest BCUT2D eigenvalue weighted by Crippen LogP contribution is -2.51. The summed E-state index contributed by atoms with van der Waals surface area (Å²) in [6, 6.07) is 12.0. The molecule has 2 aromatic heterocycles. The van der Waals surface area contributed by atoms with Crippen LogP contribution in [-0.4, -0.2) is 53.1 Å². The largest absolute Gasteiger partial charge is 0.497 e. The van der Waals surface area contributed by atoms with Gasteiger partial charge in [-0.1, -0.05) is 30.7 Å². The Morgan fingerprint density at radius 3 is 2.51 bits per heavy atom. The highest BCUT2D eigenvalue weighted by Crippen LogP contribution is 2.34. The molecule has 7 nitrogen and oxygen atoms in total. The van der Waals surface area contributed by atoms with Crippen LogP contribution in [0.3, 0.4) is 0 Å². The summed E-state index contributed by atoms with van der Waals surface area (Å²) in [6.45, 7) is 9.50. The normalized spacial score (nSPS) is 15.2. The zero-order valence-electron chi connectivity index (χ0n) is 25.8. The molecule has 11 heteroatoms. The molecule has 0 unspecified atom stereocenters. The van der Waals surface area contributed by atoms with Crippen molar-refractivity contribution in [2.45, 2.75) is 46.3 Å². The molecule has 0 bridgehead atoms. The van der Waals surface area contributed by atoms with Gasteiger partial charge in [-0.15, -0.1) is 11.3 Å². The first-order valence-electron chi connectivity index (χ1n) is 14.7. The van der Waals surface area contributed by atoms with Crippen molar-refractivity contribution in [3.8, 4) is 33.3 Å². The van der Waals surface area contributed by atoms with Crippen molar-refractivity contribution >= 4 is 23.3 Å². The third-order valence-corrected chi connectivity index (χ3v) is 8.58. The van der Waals surface area contributed by atoms with Gasteiger partial charge in [-0.25, -0.2) is 4.98 Å².